The highest BCUT2D eigenvalue weighted by molar-refractivity contribution is 6.34. The van der Waals surface area contributed by atoms with Gasteiger partial charge in [-0.25, -0.2) is 4.79 Å². The fraction of sp³-hybridized carbons (Fsp3) is 0.214. The highest BCUT2D eigenvalue weighted by Gasteiger charge is 2.22. The van der Waals surface area contributed by atoms with Gasteiger partial charge in [-0.3, -0.25) is 9.48 Å². The number of anilines is 1. The van der Waals surface area contributed by atoms with Crippen molar-refractivity contribution in [1.82, 2.24) is 9.78 Å². The van der Waals surface area contributed by atoms with Crippen molar-refractivity contribution in [2.24, 2.45) is 7.05 Å². The summed E-state index contributed by atoms with van der Waals surface area (Å²) in [6.45, 7) is 1.74. The van der Waals surface area contributed by atoms with Crippen molar-refractivity contribution in [2.75, 3.05) is 12.4 Å². The number of rotatable bonds is 3. The van der Waals surface area contributed by atoms with E-state index in [1.807, 2.05) is 0 Å². The van der Waals surface area contributed by atoms with Crippen molar-refractivity contribution in [2.45, 2.75) is 6.92 Å². The SMILES string of the molecule is COC(=O)c1nn(C)c(C)c1NC(=O)c1ccccc1Cl. The number of aromatic nitrogens is 2. The Morgan fingerprint density at radius 3 is 2.62 bits per heavy atom. The summed E-state index contributed by atoms with van der Waals surface area (Å²) < 4.78 is 6.16. The van der Waals surface area contributed by atoms with Crippen LogP contribution in [0.15, 0.2) is 24.3 Å². The van der Waals surface area contributed by atoms with Gasteiger partial charge in [0.25, 0.3) is 5.91 Å². The highest BCUT2D eigenvalue weighted by Crippen LogP contribution is 2.23. The van der Waals surface area contributed by atoms with E-state index in [1.165, 1.54) is 11.8 Å². The zero-order chi connectivity index (χ0) is 15.6. The van der Waals surface area contributed by atoms with Gasteiger partial charge >= 0.3 is 5.97 Å². The molecule has 1 heterocycles. The second-order valence-electron chi connectivity index (χ2n) is 4.36. The molecule has 0 saturated heterocycles. The Bertz CT molecular complexity index is 709. The van der Waals surface area contributed by atoms with Gasteiger partial charge in [-0.1, -0.05) is 23.7 Å². The summed E-state index contributed by atoms with van der Waals surface area (Å²) in [6.07, 6.45) is 0. The first-order valence-corrected chi connectivity index (χ1v) is 6.51. The van der Waals surface area contributed by atoms with Crippen LogP contribution in [0.1, 0.15) is 26.5 Å². The van der Waals surface area contributed by atoms with Crippen molar-refractivity contribution < 1.29 is 14.3 Å². The van der Waals surface area contributed by atoms with Gasteiger partial charge < -0.3 is 10.1 Å². The molecule has 0 aliphatic carbocycles. The van der Waals surface area contributed by atoms with Crippen LogP contribution < -0.4 is 5.32 Å². The molecule has 0 saturated carbocycles. The van der Waals surface area contributed by atoms with E-state index >= 15 is 0 Å². The normalized spacial score (nSPS) is 10.3. The maximum atomic E-state index is 12.3. The van der Waals surface area contributed by atoms with E-state index in [0.29, 0.717) is 22.0 Å². The predicted molar refractivity (Wildman–Crippen MR) is 78.7 cm³/mol. The topological polar surface area (TPSA) is 73.2 Å². The fourth-order valence-corrected chi connectivity index (χ4v) is 2.05. The molecule has 2 aromatic rings. The first kappa shape index (κ1) is 15.1. The number of hydrogen-bond acceptors (Lipinski definition) is 4. The maximum absolute atomic E-state index is 12.3. The summed E-state index contributed by atoms with van der Waals surface area (Å²) in [5.41, 5.74) is 1.32. The molecular formula is C14H14ClN3O3. The minimum Gasteiger partial charge on any atom is -0.464 e. The van der Waals surface area contributed by atoms with Crippen LogP contribution in [0.2, 0.25) is 5.02 Å². The summed E-state index contributed by atoms with van der Waals surface area (Å²) in [6, 6.07) is 6.65. The number of esters is 1. The third-order valence-electron chi connectivity index (χ3n) is 3.07. The van der Waals surface area contributed by atoms with Crippen molar-refractivity contribution in [3.63, 3.8) is 0 Å². The van der Waals surface area contributed by atoms with Crippen LogP contribution in [0, 0.1) is 6.92 Å². The third-order valence-corrected chi connectivity index (χ3v) is 3.40. The minimum atomic E-state index is -0.617. The van der Waals surface area contributed by atoms with Gasteiger partial charge in [0.1, 0.15) is 0 Å². The zero-order valence-electron chi connectivity index (χ0n) is 11.8. The lowest BCUT2D eigenvalue weighted by Crippen LogP contribution is -2.15. The van der Waals surface area contributed by atoms with Gasteiger partial charge in [0.15, 0.2) is 5.69 Å². The van der Waals surface area contributed by atoms with Gasteiger partial charge in [-0.2, -0.15) is 5.10 Å². The van der Waals surface area contributed by atoms with Crippen LogP contribution >= 0.6 is 11.6 Å². The molecule has 0 aliphatic rings. The number of amides is 1. The fourth-order valence-electron chi connectivity index (χ4n) is 1.82. The standard InChI is InChI=1S/C14H14ClN3O3/c1-8-11(12(14(20)21-3)17-18(8)2)16-13(19)9-6-4-5-7-10(9)15/h4-7H,1-3H3,(H,16,19). The van der Waals surface area contributed by atoms with Crippen LogP contribution in [0.4, 0.5) is 5.69 Å². The number of hydrogen-bond donors (Lipinski definition) is 1. The molecule has 7 heteroatoms. The summed E-state index contributed by atoms with van der Waals surface area (Å²) in [5, 5.41) is 7.04. The highest BCUT2D eigenvalue weighted by atomic mass is 35.5. The summed E-state index contributed by atoms with van der Waals surface area (Å²) in [7, 11) is 2.93. The first-order valence-electron chi connectivity index (χ1n) is 6.13. The van der Waals surface area contributed by atoms with Gasteiger partial charge in [0.05, 0.1) is 29.1 Å². The van der Waals surface area contributed by atoms with Crippen LogP contribution in [0.3, 0.4) is 0 Å². The lowest BCUT2D eigenvalue weighted by Gasteiger charge is -2.07. The van der Waals surface area contributed by atoms with Crippen molar-refractivity contribution in [3.8, 4) is 0 Å². The van der Waals surface area contributed by atoms with Gasteiger partial charge in [-0.15, -0.1) is 0 Å². The Morgan fingerprint density at radius 1 is 1.33 bits per heavy atom. The molecule has 0 spiro atoms. The molecule has 1 N–H and O–H groups in total. The average Bonchev–Trinajstić information content (AvgIpc) is 2.75. The van der Waals surface area contributed by atoms with Gasteiger partial charge in [-0.05, 0) is 19.1 Å². The molecule has 1 aromatic carbocycles. The number of ether oxygens (including phenoxy) is 1. The maximum Gasteiger partial charge on any atom is 0.360 e. The number of nitrogens with one attached hydrogen (secondary N) is 1. The molecule has 0 fully saturated rings. The van der Waals surface area contributed by atoms with E-state index < -0.39 is 11.9 Å². The minimum absolute atomic E-state index is 0.0536. The lowest BCUT2D eigenvalue weighted by atomic mass is 10.2. The summed E-state index contributed by atoms with van der Waals surface area (Å²) in [4.78, 5) is 24.0. The number of carbonyl (C=O) groups excluding carboxylic acids is 2. The number of halogens is 1. The molecule has 0 atom stereocenters. The Balaban J connectivity index is 2.38. The molecule has 1 aromatic heterocycles. The zero-order valence-corrected chi connectivity index (χ0v) is 12.6. The molecule has 110 valence electrons. The number of aryl methyl sites for hydroxylation is 1. The number of carbonyl (C=O) groups is 2. The second-order valence-corrected chi connectivity index (χ2v) is 4.77. The molecule has 0 bridgehead atoms. The number of methoxy groups -OCH3 is 1. The van der Waals surface area contributed by atoms with E-state index in [1.54, 1.807) is 38.2 Å². The van der Waals surface area contributed by atoms with E-state index in [9.17, 15) is 9.59 Å². The summed E-state index contributed by atoms with van der Waals surface area (Å²) >= 11 is 5.99. The quantitative estimate of drug-likeness (QED) is 0.884. The Hall–Kier alpha value is -2.34. The summed E-state index contributed by atoms with van der Waals surface area (Å²) in [5.74, 6) is -1.03. The van der Waals surface area contributed by atoms with E-state index in [4.69, 9.17) is 11.6 Å². The molecule has 0 radical (unpaired) electrons. The van der Waals surface area contributed by atoms with Crippen molar-refractivity contribution >= 4 is 29.2 Å². The number of benzene rings is 1. The van der Waals surface area contributed by atoms with Crippen molar-refractivity contribution in [1.29, 1.82) is 0 Å². The van der Waals surface area contributed by atoms with E-state index in [0.717, 1.165) is 0 Å². The van der Waals surface area contributed by atoms with Crippen LogP contribution in [-0.2, 0) is 11.8 Å². The average molecular weight is 308 g/mol. The first-order chi connectivity index (χ1) is 9.95. The molecular weight excluding hydrogens is 294 g/mol. The third kappa shape index (κ3) is 2.90. The Morgan fingerprint density at radius 2 is 2.00 bits per heavy atom. The van der Waals surface area contributed by atoms with Crippen LogP contribution in [0.5, 0.6) is 0 Å². The molecule has 6 nitrogen and oxygen atoms in total. The molecule has 0 unspecified atom stereocenters. The lowest BCUT2D eigenvalue weighted by molar-refractivity contribution is 0.0594. The van der Waals surface area contributed by atoms with Gasteiger partial charge in [0.2, 0.25) is 0 Å². The van der Waals surface area contributed by atoms with E-state index in [2.05, 4.69) is 15.2 Å². The van der Waals surface area contributed by atoms with Gasteiger partial charge in [0, 0.05) is 7.05 Å². The number of nitrogens with zero attached hydrogens (tertiary/aromatic N) is 2. The van der Waals surface area contributed by atoms with E-state index in [-0.39, 0.29) is 5.69 Å². The molecule has 21 heavy (non-hydrogen) atoms. The van der Waals surface area contributed by atoms with Crippen LogP contribution in [0.25, 0.3) is 0 Å². The predicted octanol–water partition coefficient (Wildman–Crippen LogP) is 2.42. The second kappa shape index (κ2) is 5.97. The molecule has 1 amide bonds. The monoisotopic (exact) mass is 307 g/mol. The van der Waals surface area contributed by atoms with Crippen LogP contribution in [-0.4, -0.2) is 28.8 Å². The Labute approximate surface area is 126 Å². The largest absolute Gasteiger partial charge is 0.464 e. The Kier molecular flexibility index (Phi) is 4.28. The molecule has 2 rings (SSSR count). The molecule has 0 aliphatic heterocycles. The smallest absolute Gasteiger partial charge is 0.360 e. The van der Waals surface area contributed by atoms with Crippen molar-refractivity contribution in [3.05, 3.63) is 46.2 Å².